The van der Waals surface area contributed by atoms with E-state index in [0.29, 0.717) is 0 Å². The molecule has 6 heteroatoms. The highest BCUT2D eigenvalue weighted by molar-refractivity contribution is 9.10. The number of nitrogens with zero attached hydrogens (tertiary/aromatic N) is 3. The van der Waals surface area contributed by atoms with Crippen molar-refractivity contribution in [3.05, 3.63) is 21.5 Å². The van der Waals surface area contributed by atoms with Crippen molar-refractivity contribution in [2.24, 2.45) is 5.41 Å². The van der Waals surface area contributed by atoms with Gasteiger partial charge in [0.25, 0.3) is 0 Å². The van der Waals surface area contributed by atoms with Crippen molar-refractivity contribution in [2.45, 2.75) is 20.4 Å². The first-order chi connectivity index (χ1) is 8.78. The first-order valence-electron chi connectivity index (χ1n) is 6.17. The molecule has 0 fully saturated rings. The Bertz CT molecular complexity index is 642. The number of nitrogens with one attached hydrogen (secondary N) is 1. The van der Waals surface area contributed by atoms with Gasteiger partial charge in [-0.15, -0.1) is 0 Å². The quantitative estimate of drug-likeness (QED) is 0.864. The van der Waals surface area contributed by atoms with Crippen molar-refractivity contribution in [2.75, 3.05) is 20.6 Å². The molecule has 0 saturated carbocycles. The minimum atomic E-state index is 0.131. The molecule has 0 spiro atoms. The lowest BCUT2D eigenvalue weighted by Crippen LogP contribution is -2.32. The van der Waals surface area contributed by atoms with E-state index in [4.69, 9.17) is 12.2 Å². The van der Waals surface area contributed by atoms with Gasteiger partial charge < -0.3 is 14.5 Å². The van der Waals surface area contributed by atoms with Crippen LogP contribution in [0.25, 0.3) is 11.2 Å². The molecular formula is C13H19BrN4S. The number of H-pyrrole nitrogens is 1. The van der Waals surface area contributed by atoms with E-state index in [2.05, 4.69) is 63.3 Å². The van der Waals surface area contributed by atoms with Gasteiger partial charge in [-0.05, 0) is 53.7 Å². The highest BCUT2D eigenvalue weighted by atomic mass is 79.9. The minimum absolute atomic E-state index is 0.131. The Kier molecular flexibility index (Phi) is 4.13. The normalized spacial score (nSPS) is 12.5. The van der Waals surface area contributed by atoms with E-state index in [0.717, 1.165) is 33.5 Å². The Labute approximate surface area is 127 Å². The number of rotatable bonds is 4. The van der Waals surface area contributed by atoms with Crippen LogP contribution < -0.4 is 0 Å². The third-order valence-electron chi connectivity index (χ3n) is 2.91. The molecule has 1 N–H and O–H groups in total. The van der Waals surface area contributed by atoms with Crippen LogP contribution in [0, 0.1) is 10.2 Å². The summed E-state index contributed by atoms with van der Waals surface area (Å²) < 4.78 is 3.77. The molecule has 0 aliphatic rings. The second kappa shape index (κ2) is 5.34. The van der Waals surface area contributed by atoms with Crippen LogP contribution in [0.4, 0.5) is 0 Å². The van der Waals surface area contributed by atoms with E-state index in [1.807, 2.05) is 6.07 Å². The fourth-order valence-electron chi connectivity index (χ4n) is 2.50. The predicted octanol–water partition coefficient (Wildman–Crippen LogP) is 3.44. The highest BCUT2D eigenvalue weighted by Gasteiger charge is 2.21. The molecule has 0 aromatic carbocycles. The van der Waals surface area contributed by atoms with Gasteiger partial charge >= 0.3 is 0 Å². The molecule has 2 rings (SSSR count). The molecule has 0 atom stereocenters. The molecule has 0 unspecified atom stereocenters. The van der Waals surface area contributed by atoms with Crippen LogP contribution in [-0.4, -0.2) is 40.1 Å². The third-order valence-corrected chi connectivity index (χ3v) is 3.66. The molecule has 2 aromatic heterocycles. The van der Waals surface area contributed by atoms with Crippen molar-refractivity contribution in [3.8, 4) is 0 Å². The van der Waals surface area contributed by atoms with Gasteiger partial charge in [0.05, 0.1) is 5.52 Å². The molecule has 0 aliphatic carbocycles. The minimum Gasteiger partial charge on any atom is -0.329 e. The average Bonchev–Trinajstić information content (AvgIpc) is 2.52. The van der Waals surface area contributed by atoms with Crippen molar-refractivity contribution >= 4 is 39.3 Å². The van der Waals surface area contributed by atoms with E-state index in [1.54, 1.807) is 6.20 Å². The number of hydrogen-bond acceptors (Lipinski definition) is 3. The van der Waals surface area contributed by atoms with Gasteiger partial charge in [0.1, 0.15) is 0 Å². The Hall–Kier alpha value is -0.720. The van der Waals surface area contributed by atoms with Crippen LogP contribution in [0.1, 0.15) is 13.8 Å². The van der Waals surface area contributed by atoms with Gasteiger partial charge in [0, 0.05) is 23.8 Å². The summed E-state index contributed by atoms with van der Waals surface area (Å²) in [6.45, 7) is 6.33. The number of imidazole rings is 1. The molecule has 2 aromatic rings. The predicted molar refractivity (Wildman–Crippen MR) is 85.0 cm³/mol. The zero-order valence-corrected chi connectivity index (χ0v) is 14.1. The van der Waals surface area contributed by atoms with E-state index in [-0.39, 0.29) is 5.41 Å². The molecule has 0 saturated heterocycles. The van der Waals surface area contributed by atoms with Crippen LogP contribution in [0.2, 0.25) is 0 Å². The lowest BCUT2D eigenvalue weighted by Gasteiger charge is -2.28. The van der Waals surface area contributed by atoms with Gasteiger partial charge in [-0.25, -0.2) is 4.98 Å². The molecule has 0 bridgehead atoms. The van der Waals surface area contributed by atoms with Crippen molar-refractivity contribution in [3.63, 3.8) is 0 Å². The lowest BCUT2D eigenvalue weighted by molar-refractivity contribution is 0.212. The van der Waals surface area contributed by atoms with Crippen LogP contribution >= 0.6 is 28.1 Å². The maximum Gasteiger partial charge on any atom is 0.179 e. The Balaban J connectivity index is 2.40. The monoisotopic (exact) mass is 342 g/mol. The average molecular weight is 343 g/mol. The maximum atomic E-state index is 5.42. The molecule has 104 valence electrons. The zero-order chi connectivity index (χ0) is 14.2. The van der Waals surface area contributed by atoms with Gasteiger partial charge in [-0.3, -0.25) is 0 Å². The van der Waals surface area contributed by atoms with E-state index in [9.17, 15) is 0 Å². The molecule has 0 amide bonds. The largest absolute Gasteiger partial charge is 0.329 e. The molecule has 19 heavy (non-hydrogen) atoms. The topological polar surface area (TPSA) is 36.9 Å². The summed E-state index contributed by atoms with van der Waals surface area (Å²) in [7, 11) is 4.18. The summed E-state index contributed by atoms with van der Waals surface area (Å²) in [5.74, 6) is 0. The lowest BCUT2D eigenvalue weighted by atomic mass is 9.93. The summed E-state index contributed by atoms with van der Waals surface area (Å²) in [5.41, 5.74) is 2.02. The number of aromatic amines is 1. The van der Waals surface area contributed by atoms with Gasteiger partial charge in [0.2, 0.25) is 0 Å². The van der Waals surface area contributed by atoms with Crippen LogP contribution in [0.5, 0.6) is 0 Å². The van der Waals surface area contributed by atoms with Crippen LogP contribution in [0.15, 0.2) is 16.7 Å². The van der Waals surface area contributed by atoms with Crippen LogP contribution in [-0.2, 0) is 6.54 Å². The van der Waals surface area contributed by atoms with E-state index < -0.39 is 0 Å². The Morgan fingerprint density at radius 3 is 2.79 bits per heavy atom. The number of hydrogen-bond donors (Lipinski definition) is 1. The number of halogens is 1. The standard InChI is InChI=1S/C13H19BrN4S/c1-13(2,7-17(3)4)8-18-11-10(16-12(18)19)5-9(14)6-15-11/h5-6H,7-8H2,1-4H3,(H,16,19). The zero-order valence-electron chi connectivity index (χ0n) is 11.7. The second-order valence-corrected chi connectivity index (χ2v) is 7.25. The van der Waals surface area contributed by atoms with E-state index in [1.165, 1.54) is 0 Å². The van der Waals surface area contributed by atoms with Crippen molar-refractivity contribution in [1.82, 2.24) is 19.4 Å². The molecule has 4 nitrogen and oxygen atoms in total. The SMILES string of the molecule is CN(C)CC(C)(C)Cn1c(=S)[nH]c2cc(Br)cnc21. The smallest absolute Gasteiger partial charge is 0.179 e. The Morgan fingerprint density at radius 2 is 2.16 bits per heavy atom. The summed E-state index contributed by atoms with van der Waals surface area (Å²) in [4.78, 5) is 9.88. The first-order valence-corrected chi connectivity index (χ1v) is 7.37. The third kappa shape index (κ3) is 3.43. The van der Waals surface area contributed by atoms with Crippen LogP contribution in [0.3, 0.4) is 0 Å². The van der Waals surface area contributed by atoms with Crippen molar-refractivity contribution in [1.29, 1.82) is 0 Å². The number of aromatic nitrogens is 3. The fraction of sp³-hybridized carbons (Fsp3) is 0.538. The summed E-state index contributed by atoms with van der Waals surface area (Å²) in [5, 5.41) is 0. The molecule has 2 heterocycles. The summed E-state index contributed by atoms with van der Waals surface area (Å²) in [6.07, 6.45) is 1.81. The van der Waals surface area contributed by atoms with E-state index >= 15 is 0 Å². The van der Waals surface area contributed by atoms with Gasteiger partial charge in [-0.1, -0.05) is 13.8 Å². The molecule has 0 aliphatic heterocycles. The number of fused-ring (bicyclic) bond motifs is 1. The maximum absolute atomic E-state index is 5.42. The first kappa shape index (κ1) is 14.7. The molecule has 0 radical (unpaired) electrons. The second-order valence-electron chi connectivity index (χ2n) is 5.94. The summed E-state index contributed by atoms with van der Waals surface area (Å²) >= 11 is 8.84. The van der Waals surface area contributed by atoms with Gasteiger partial charge in [-0.2, -0.15) is 0 Å². The number of pyridine rings is 1. The fourth-order valence-corrected chi connectivity index (χ4v) is 3.09. The Morgan fingerprint density at radius 1 is 1.47 bits per heavy atom. The molecular weight excluding hydrogens is 324 g/mol. The van der Waals surface area contributed by atoms with Crippen molar-refractivity contribution < 1.29 is 0 Å². The van der Waals surface area contributed by atoms with Gasteiger partial charge in [0.15, 0.2) is 10.4 Å². The summed E-state index contributed by atoms with van der Waals surface area (Å²) in [6, 6.07) is 2.01. The highest BCUT2D eigenvalue weighted by Crippen LogP contribution is 2.23.